The van der Waals surface area contributed by atoms with Gasteiger partial charge in [-0.05, 0) is 6.07 Å². The van der Waals surface area contributed by atoms with E-state index in [-0.39, 0.29) is 0 Å². The molecule has 0 atom stereocenters. The van der Waals surface area contributed by atoms with Crippen LogP contribution in [0.5, 0.6) is 0 Å². The first-order chi connectivity index (χ1) is 10.3. The zero-order valence-electron chi connectivity index (χ0n) is 11.6. The molecule has 21 heavy (non-hydrogen) atoms. The van der Waals surface area contributed by atoms with Gasteiger partial charge in [0.25, 0.3) is 5.95 Å². The molecule has 0 aliphatic rings. The van der Waals surface area contributed by atoms with Crippen molar-refractivity contribution in [3.63, 3.8) is 0 Å². The largest absolute Gasteiger partial charge is 0.472 e. The van der Waals surface area contributed by atoms with Crippen LogP contribution >= 0.6 is 0 Å². The zero-order valence-corrected chi connectivity index (χ0v) is 11.6. The highest BCUT2D eigenvalue weighted by Crippen LogP contribution is 2.14. The number of aromatic nitrogens is 6. The Labute approximate surface area is 120 Å². The van der Waals surface area contributed by atoms with E-state index in [9.17, 15) is 0 Å². The van der Waals surface area contributed by atoms with E-state index in [4.69, 9.17) is 4.42 Å². The van der Waals surface area contributed by atoms with Crippen LogP contribution in [0.4, 0.5) is 11.9 Å². The van der Waals surface area contributed by atoms with Gasteiger partial charge in [-0.3, -0.25) is 0 Å². The summed E-state index contributed by atoms with van der Waals surface area (Å²) in [6.45, 7) is 0.625. The van der Waals surface area contributed by atoms with Gasteiger partial charge in [-0.15, -0.1) is 0 Å². The first-order valence-corrected chi connectivity index (χ1v) is 6.27. The number of rotatable bonds is 5. The SMILES string of the molecule is CNc1nc(N(C)Cc2ccoc2)nc(-n2cncn2)n1. The number of furan rings is 1. The van der Waals surface area contributed by atoms with Crippen LogP contribution in [0.1, 0.15) is 5.56 Å². The minimum atomic E-state index is 0.404. The molecule has 0 unspecified atom stereocenters. The van der Waals surface area contributed by atoms with E-state index in [0.717, 1.165) is 5.56 Å². The average Bonchev–Trinajstić information content (AvgIpc) is 3.20. The maximum Gasteiger partial charge on any atom is 0.258 e. The molecule has 1 N–H and O–H groups in total. The topological polar surface area (TPSA) is 97.8 Å². The number of hydrogen-bond donors (Lipinski definition) is 1. The van der Waals surface area contributed by atoms with Gasteiger partial charge in [-0.25, -0.2) is 4.98 Å². The second-order valence-corrected chi connectivity index (χ2v) is 4.34. The normalized spacial score (nSPS) is 10.6. The monoisotopic (exact) mass is 286 g/mol. The summed E-state index contributed by atoms with van der Waals surface area (Å²) in [6.07, 6.45) is 6.29. The van der Waals surface area contributed by atoms with Crippen LogP contribution in [0.3, 0.4) is 0 Å². The molecule has 3 rings (SSSR count). The molecule has 0 radical (unpaired) electrons. The zero-order chi connectivity index (χ0) is 14.7. The van der Waals surface area contributed by atoms with E-state index in [1.165, 1.54) is 17.3 Å². The van der Waals surface area contributed by atoms with E-state index < -0.39 is 0 Å². The van der Waals surface area contributed by atoms with Crippen LogP contribution in [0, 0.1) is 0 Å². The van der Waals surface area contributed by atoms with Gasteiger partial charge >= 0.3 is 0 Å². The van der Waals surface area contributed by atoms with Crippen LogP contribution < -0.4 is 10.2 Å². The molecule has 9 heteroatoms. The summed E-state index contributed by atoms with van der Waals surface area (Å²) in [6, 6.07) is 1.90. The molecule has 0 spiro atoms. The van der Waals surface area contributed by atoms with Crippen molar-refractivity contribution in [1.82, 2.24) is 29.7 Å². The maximum absolute atomic E-state index is 5.06. The smallest absolute Gasteiger partial charge is 0.258 e. The van der Waals surface area contributed by atoms with Gasteiger partial charge in [-0.2, -0.15) is 24.7 Å². The molecule has 0 bridgehead atoms. The van der Waals surface area contributed by atoms with Crippen molar-refractivity contribution in [1.29, 1.82) is 0 Å². The summed E-state index contributed by atoms with van der Waals surface area (Å²) in [5.41, 5.74) is 1.03. The van der Waals surface area contributed by atoms with Gasteiger partial charge in [0.15, 0.2) is 0 Å². The molecule has 0 amide bonds. The number of nitrogens with zero attached hydrogens (tertiary/aromatic N) is 7. The van der Waals surface area contributed by atoms with Crippen LogP contribution in [0.2, 0.25) is 0 Å². The highest BCUT2D eigenvalue weighted by atomic mass is 16.3. The Bertz CT molecular complexity index is 694. The quantitative estimate of drug-likeness (QED) is 0.732. The van der Waals surface area contributed by atoms with Crippen molar-refractivity contribution in [2.75, 3.05) is 24.3 Å². The molecule has 0 aromatic carbocycles. The predicted molar refractivity (Wildman–Crippen MR) is 75.1 cm³/mol. The Morgan fingerprint density at radius 1 is 1.33 bits per heavy atom. The molecule has 0 saturated heterocycles. The summed E-state index contributed by atoms with van der Waals surface area (Å²) in [7, 11) is 3.65. The lowest BCUT2D eigenvalue weighted by molar-refractivity contribution is 0.563. The third-order valence-corrected chi connectivity index (χ3v) is 2.80. The summed E-state index contributed by atoms with van der Waals surface area (Å²) in [5, 5.41) is 6.94. The first kappa shape index (κ1) is 13.0. The summed E-state index contributed by atoms with van der Waals surface area (Å²) in [5.74, 6) is 1.39. The second kappa shape index (κ2) is 5.57. The summed E-state index contributed by atoms with van der Waals surface area (Å²) < 4.78 is 6.55. The number of hydrogen-bond acceptors (Lipinski definition) is 8. The Hall–Kier alpha value is -2.97. The van der Waals surface area contributed by atoms with E-state index in [0.29, 0.717) is 24.4 Å². The van der Waals surface area contributed by atoms with Crippen LogP contribution in [0.15, 0.2) is 35.7 Å². The van der Waals surface area contributed by atoms with Gasteiger partial charge in [0.1, 0.15) is 12.7 Å². The standard InChI is InChI=1S/C12H14N8O/c1-13-10-16-11(19(2)5-9-3-4-21-6-9)18-12(17-10)20-8-14-7-15-20/h3-4,6-8H,5H2,1-2H3,(H,13,16,17,18). The fourth-order valence-corrected chi connectivity index (χ4v) is 1.78. The van der Waals surface area contributed by atoms with E-state index in [2.05, 4.69) is 30.4 Å². The third-order valence-electron chi connectivity index (χ3n) is 2.80. The minimum absolute atomic E-state index is 0.404. The molecule has 0 fully saturated rings. The lowest BCUT2D eigenvalue weighted by Gasteiger charge is -2.17. The molecule has 0 aliphatic heterocycles. The minimum Gasteiger partial charge on any atom is -0.472 e. The average molecular weight is 286 g/mol. The van der Waals surface area contributed by atoms with E-state index in [1.54, 1.807) is 19.6 Å². The first-order valence-electron chi connectivity index (χ1n) is 6.27. The van der Waals surface area contributed by atoms with E-state index >= 15 is 0 Å². The second-order valence-electron chi connectivity index (χ2n) is 4.34. The molecule has 9 nitrogen and oxygen atoms in total. The highest BCUT2D eigenvalue weighted by molar-refractivity contribution is 5.39. The van der Waals surface area contributed by atoms with Crippen molar-refractivity contribution >= 4 is 11.9 Å². The molecular formula is C12H14N8O. The summed E-state index contributed by atoms with van der Waals surface area (Å²) >= 11 is 0. The Morgan fingerprint density at radius 2 is 2.24 bits per heavy atom. The molecule has 0 saturated carbocycles. The molecule has 0 aliphatic carbocycles. The van der Waals surface area contributed by atoms with Gasteiger partial charge in [0.05, 0.1) is 12.5 Å². The van der Waals surface area contributed by atoms with Crippen molar-refractivity contribution in [2.45, 2.75) is 6.54 Å². The lowest BCUT2D eigenvalue weighted by atomic mass is 10.3. The maximum atomic E-state index is 5.06. The molecule has 3 aromatic rings. The van der Waals surface area contributed by atoms with E-state index in [1.807, 2.05) is 18.0 Å². The summed E-state index contributed by atoms with van der Waals surface area (Å²) in [4.78, 5) is 18.8. The third kappa shape index (κ3) is 2.81. The van der Waals surface area contributed by atoms with Crippen LogP contribution in [0.25, 0.3) is 5.95 Å². The fourth-order valence-electron chi connectivity index (χ4n) is 1.78. The van der Waals surface area contributed by atoms with Gasteiger partial charge in [-0.1, -0.05) is 0 Å². The van der Waals surface area contributed by atoms with Crippen molar-refractivity contribution < 1.29 is 4.42 Å². The van der Waals surface area contributed by atoms with Crippen molar-refractivity contribution in [3.8, 4) is 5.95 Å². The predicted octanol–water partition coefficient (Wildman–Crippen LogP) is 0.723. The van der Waals surface area contributed by atoms with Crippen LogP contribution in [-0.4, -0.2) is 43.8 Å². The molecule has 3 heterocycles. The number of anilines is 2. The fraction of sp³-hybridized carbons (Fsp3) is 0.250. The van der Waals surface area contributed by atoms with Gasteiger partial charge in [0, 0.05) is 26.2 Å². The van der Waals surface area contributed by atoms with Crippen LogP contribution in [-0.2, 0) is 6.54 Å². The Balaban J connectivity index is 1.92. The Kier molecular flexibility index (Phi) is 3.46. The Morgan fingerprint density at radius 3 is 2.90 bits per heavy atom. The number of nitrogens with one attached hydrogen (secondary N) is 1. The molecule has 108 valence electrons. The molecule has 3 aromatic heterocycles. The van der Waals surface area contributed by atoms with Gasteiger partial charge in [0.2, 0.25) is 11.9 Å². The highest BCUT2D eigenvalue weighted by Gasteiger charge is 2.12. The lowest BCUT2D eigenvalue weighted by Crippen LogP contribution is -2.21. The molecular weight excluding hydrogens is 272 g/mol. The van der Waals surface area contributed by atoms with Crippen molar-refractivity contribution in [3.05, 3.63) is 36.8 Å². The van der Waals surface area contributed by atoms with Crippen molar-refractivity contribution in [2.24, 2.45) is 0 Å². The van der Waals surface area contributed by atoms with Gasteiger partial charge < -0.3 is 14.6 Å².